The molecule has 2 aliphatic heterocycles. The van der Waals surface area contributed by atoms with Crippen LogP contribution in [0.25, 0.3) is 11.6 Å². The normalized spacial score (nSPS) is 18.9. The Morgan fingerprint density at radius 3 is 2.55 bits per heavy atom. The fraction of sp³-hybridized carbons (Fsp3) is 0.240. The second-order valence-corrected chi connectivity index (χ2v) is 9.47. The van der Waals surface area contributed by atoms with E-state index in [1.165, 1.54) is 12.1 Å². The Morgan fingerprint density at radius 1 is 1.15 bits per heavy atom. The fourth-order valence-corrected chi connectivity index (χ4v) is 4.85. The lowest BCUT2D eigenvalue weighted by Crippen LogP contribution is -2.54. The number of anilines is 2. The molecule has 6 nitrogen and oxygen atoms in total. The van der Waals surface area contributed by atoms with Crippen molar-refractivity contribution in [2.24, 2.45) is 0 Å². The number of urea groups is 1. The van der Waals surface area contributed by atoms with E-state index in [0.717, 1.165) is 21.7 Å². The number of imide groups is 2. The van der Waals surface area contributed by atoms with Gasteiger partial charge in [-0.05, 0) is 69.7 Å². The number of carbonyl (C=O) groups is 3. The topological polar surface area (TPSA) is 69.7 Å². The molecular weight excluding hydrogens is 489 g/mol. The molecule has 2 aliphatic rings. The van der Waals surface area contributed by atoms with E-state index < -0.39 is 23.7 Å². The maximum Gasteiger partial charge on any atom is 0.335 e. The van der Waals surface area contributed by atoms with Gasteiger partial charge in [0.25, 0.3) is 11.8 Å². The Bertz CT molecular complexity index is 1270. The molecule has 0 aliphatic carbocycles. The van der Waals surface area contributed by atoms with Crippen molar-refractivity contribution in [3.63, 3.8) is 0 Å². The second kappa shape index (κ2) is 8.26. The van der Waals surface area contributed by atoms with Crippen molar-refractivity contribution in [1.29, 1.82) is 0 Å². The number of nitrogens with one attached hydrogen (secondary N) is 1. The van der Waals surface area contributed by atoms with Gasteiger partial charge in [0.2, 0.25) is 0 Å². The van der Waals surface area contributed by atoms with E-state index in [-0.39, 0.29) is 22.4 Å². The highest BCUT2D eigenvalue weighted by Crippen LogP contribution is 2.40. The molecule has 0 spiro atoms. The van der Waals surface area contributed by atoms with Crippen LogP contribution in [0.3, 0.4) is 0 Å². The molecule has 2 heterocycles. The molecule has 0 atom stereocenters. The lowest BCUT2D eigenvalue weighted by molar-refractivity contribution is -0.122. The van der Waals surface area contributed by atoms with Crippen molar-refractivity contribution in [1.82, 2.24) is 5.32 Å². The van der Waals surface area contributed by atoms with Gasteiger partial charge in [-0.15, -0.1) is 0 Å². The van der Waals surface area contributed by atoms with Crippen molar-refractivity contribution >= 4 is 56.8 Å². The number of allylic oxidation sites excluding steroid dienone is 1. The van der Waals surface area contributed by atoms with Gasteiger partial charge in [0.05, 0.1) is 11.2 Å². The van der Waals surface area contributed by atoms with Gasteiger partial charge in [-0.1, -0.05) is 28.1 Å². The number of amides is 4. The first-order chi connectivity index (χ1) is 15.5. The first-order valence-electron chi connectivity index (χ1n) is 10.5. The van der Waals surface area contributed by atoms with Gasteiger partial charge in [0.15, 0.2) is 0 Å². The molecular formula is C25H23BrFN3O3. The van der Waals surface area contributed by atoms with Crippen LogP contribution in [-0.4, -0.2) is 29.9 Å². The summed E-state index contributed by atoms with van der Waals surface area (Å²) in [5.74, 6) is -2.24. The molecule has 170 valence electrons. The Labute approximate surface area is 199 Å². The van der Waals surface area contributed by atoms with Crippen LogP contribution in [0, 0.1) is 5.82 Å². The minimum atomic E-state index is -0.864. The van der Waals surface area contributed by atoms with Crippen LogP contribution in [0.1, 0.15) is 38.8 Å². The second-order valence-electron chi connectivity index (χ2n) is 8.55. The molecule has 4 rings (SSSR count). The largest absolute Gasteiger partial charge is 0.363 e. The quantitative estimate of drug-likeness (QED) is 0.449. The molecule has 0 bridgehead atoms. The smallest absolute Gasteiger partial charge is 0.335 e. The molecule has 0 unspecified atom stereocenters. The molecule has 2 aromatic carbocycles. The molecule has 0 saturated carbocycles. The minimum absolute atomic E-state index is 0.0966. The van der Waals surface area contributed by atoms with E-state index in [1.807, 2.05) is 13.8 Å². The number of rotatable bonds is 3. The van der Waals surface area contributed by atoms with E-state index in [4.69, 9.17) is 0 Å². The number of nitrogens with zero attached hydrogens (tertiary/aromatic N) is 2. The zero-order valence-electron chi connectivity index (χ0n) is 18.7. The Morgan fingerprint density at radius 2 is 1.88 bits per heavy atom. The molecule has 1 saturated heterocycles. The average Bonchev–Trinajstić information content (AvgIpc) is 2.71. The minimum Gasteiger partial charge on any atom is -0.363 e. The van der Waals surface area contributed by atoms with E-state index in [0.29, 0.717) is 11.0 Å². The van der Waals surface area contributed by atoms with E-state index in [2.05, 4.69) is 46.1 Å². The summed E-state index contributed by atoms with van der Waals surface area (Å²) in [7, 11) is 0. The van der Waals surface area contributed by atoms with Crippen molar-refractivity contribution in [2.75, 3.05) is 16.3 Å². The third-order valence-corrected chi connectivity index (χ3v) is 6.37. The van der Waals surface area contributed by atoms with Crippen molar-refractivity contribution in [3.05, 3.63) is 69.5 Å². The maximum atomic E-state index is 15.2. The summed E-state index contributed by atoms with van der Waals surface area (Å²) >= 11 is 3.31. The standard InChI is InChI=1S/C25H23BrFN3O3/c1-5-29-21-12-20(27)15(9-18(21)14(2)13-25(29,3)4)10-19-22(31)28-24(33)30(23(19)32)17-8-6-7-16(26)11-17/h6-13H,5H2,1-4H3,(H,28,31,33)/b19-10-. The highest BCUT2D eigenvalue weighted by atomic mass is 79.9. The lowest BCUT2D eigenvalue weighted by atomic mass is 9.87. The maximum absolute atomic E-state index is 15.2. The van der Waals surface area contributed by atoms with E-state index in [9.17, 15) is 14.4 Å². The predicted octanol–water partition coefficient (Wildman–Crippen LogP) is 5.28. The van der Waals surface area contributed by atoms with Crippen LogP contribution in [0.5, 0.6) is 0 Å². The van der Waals surface area contributed by atoms with Crippen LogP contribution < -0.4 is 15.1 Å². The summed E-state index contributed by atoms with van der Waals surface area (Å²) in [6.45, 7) is 8.78. The number of hydrogen-bond acceptors (Lipinski definition) is 4. The summed E-state index contributed by atoms with van der Waals surface area (Å²) in [4.78, 5) is 41.0. The molecule has 33 heavy (non-hydrogen) atoms. The van der Waals surface area contributed by atoms with Crippen molar-refractivity contribution in [3.8, 4) is 0 Å². The highest BCUT2D eigenvalue weighted by Gasteiger charge is 2.37. The molecule has 1 fully saturated rings. The highest BCUT2D eigenvalue weighted by molar-refractivity contribution is 9.10. The van der Waals surface area contributed by atoms with Gasteiger partial charge in [-0.3, -0.25) is 14.9 Å². The van der Waals surface area contributed by atoms with Gasteiger partial charge in [-0.2, -0.15) is 0 Å². The van der Waals surface area contributed by atoms with Crippen LogP contribution >= 0.6 is 15.9 Å². The first kappa shape index (κ1) is 22.9. The SMILES string of the molecule is CCN1c2cc(F)c(/C=C3/C(=O)NC(=O)N(c4cccc(Br)c4)C3=O)cc2C(C)=CC1(C)C. The van der Waals surface area contributed by atoms with Gasteiger partial charge < -0.3 is 4.90 Å². The number of hydrogen-bond donors (Lipinski definition) is 1. The number of carbonyl (C=O) groups excluding carboxylic acids is 3. The predicted molar refractivity (Wildman–Crippen MR) is 130 cm³/mol. The Balaban J connectivity index is 1.80. The summed E-state index contributed by atoms with van der Waals surface area (Å²) in [6, 6.07) is 8.79. The Hall–Kier alpha value is -3.26. The summed E-state index contributed by atoms with van der Waals surface area (Å²) in [5.41, 5.74) is 2.35. The molecule has 8 heteroatoms. The summed E-state index contributed by atoms with van der Waals surface area (Å²) in [5, 5.41) is 2.17. The number of barbiturate groups is 1. The third-order valence-electron chi connectivity index (χ3n) is 5.88. The molecule has 1 N–H and O–H groups in total. The summed E-state index contributed by atoms with van der Waals surface area (Å²) in [6.07, 6.45) is 3.31. The van der Waals surface area contributed by atoms with Crippen LogP contribution in [0.4, 0.5) is 20.6 Å². The fourth-order valence-electron chi connectivity index (χ4n) is 4.47. The molecule has 4 amide bonds. The molecule has 0 aromatic heterocycles. The van der Waals surface area contributed by atoms with Gasteiger partial charge in [0, 0.05) is 27.8 Å². The van der Waals surface area contributed by atoms with Crippen molar-refractivity contribution in [2.45, 2.75) is 33.2 Å². The van der Waals surface area contributed by atoms with Crippen molar-refractivity contribution < 1.29 is 18.8 Å². The first-order valence-corrected chi connectivity index (χ1v) is 11.3. The van der Waals surface area contributed by atoms with Crippen LogP contribution in [0.2, 0.25) is 0 Å². The Kier molecular flexibility index (Phi) is 5.74. The number of likely N-dealkylation sites (N-methyl/N-ethyl adjacent to an activating group) is 1. The van der Waals surface area contributed by atoms with Gasteiger partial charge >= 0.3 is 6.03 Å². The number of fused-ring (bicyclic) bond motifs is 1. The van der Waals surface area contributed by atoms with E-state index >= 15 is 4.39 Å². The summed E-state index contributed by atoms with van der Waals surface area (Å²) < 4.78 is 15.9. The monoisotopic (exact) mass is 511 g/mol. The van der Waals surface area contributed by atoms with Crippen LogP contribution in [-0.2, 0) is 9.59 Å². The van der Waals surface area contributed by atoms with Gasteiger partial charge in [-0.25, -0.2) is 14.1 Å². The number of halogens is 2. The zero-order valence-corrected chi connectivity index (χ0v) is 20.3. The van der Waals surface area contributed by atoms with E-state index in [1.54, 1.807) is 30.3 Å². The zero-order chi connectivity index (χ0) is 24.1. The third kappa shape index (κ3) is 3.99. The molecule has 0 radical (unpaired) electrons. The lowest BCUT2D eigenvalue weighted by Gasteiger charge is -2.43. The number of benzene rings is 2. The van der Waals surface area contributed by atoms with Crippen LogP contribution in [0.15, 0.2) is 52.5 Å². The molecule has 2 aromatic rings. The average molecular weight is 512 g/mol. The van der Waals surface area contributed by atoms with Gasteiger partial charge in [0.1, 0.15) is 11.4 Å².